The average Bonchev–Trinajstić information content (AvgIpc) is 2.38. The van der Waals surface area contributed by atoms with Crippen molar-refractivity contribution in [3.05, 3.63) is 35.1 Å². The van der Waals surface area contributed by atoms with E-state index >= 15 is 0 Å². The van der Waals surface area contributed by atoms with E-state index < -0.39 is 9.84 Å². The van der Waals surface area contributed by atoms with E-state index in [0.717, 1.165) is 24.0 Å². The Morgan fingerprint density at radius 3 is 2.75 bits per heavy atom. The molecule has 0 spiro atoms. The Kier molecular flexibility index (Phi) is 4.81. The van der Waals surface area contributed by atoms with Gasteiger partial charge in [-0.15, -0.1) is 0 Å². The van der Waals surface area contributed by atoms with Gasteiger partial charge in [-0.05, 0) is 56.5 Å². The number of aryl methyl sites for hydroxylation is 1. The molecule has 0 saturated carbocycles. The average molecular weight is 299 g/mol. The molecule has 0 aliphatic carbocycles. The third-order valence-corrected chi connectivity index (χ3v) is 6.54. The Balaban J connectivity index is 2.20. The second-order valence-corrected chi connectivity index (χ2v) is 7.91. The SMILES string of the molecule is CNC(Cc1ccc(F)cc1C)C1CCCCS1(=O)=O. The lowest BCUT2D eigenvalue weighted by Gasteiger charge is -2.30. The van der Waals surface area contributed by atoms with E-state index in [0.29, 0.717) is 12.8 Å². The van der Waals surface area contributed by atoms with Gasteiger partial charge in [0.15, 0.2) is 9.84 Å². The van der Waals surface area contributed by atoms with Gasteiger partial charge >= 0.3 is 0 Å². The van der Waals surface area contributed by atoms with Crippen LogP contribution in [0.3, 0.4) is 0 Å². The standard InChI is InChI=1S/C15H22FNO2S/c1-11-9-13(16)7-6-12(11)10-14(17-2)15-5-3-4-8-20(15,18)19/h6-7,9,14-15,17H,3-5,8,10H2,1-2H3. The van der Waals surface area contributed by atoms with Gasteiger partial charge in [-0.1, -0.05) is 12.5 Å². The fraction of sp³-hybridized carbons (Fsp3) is 0.600. The van der Waals surface area contributed by atoms with E-state index in [-0.39, 0.29) is 22.9 Å². The zero-order valence-corrected chi connectivity index (χ0v) is 12.8. The first kappa shape index (κ1) is 15.4. The quantitative estimate of drug-likeness (QED) is 0.927. The summed E-state index contributed by atoms with van der Waals surface area (Å²) in [5.74, 6) is 0.0377. The topological polar surface area (TPSA) is 46.2 Å². The van der Waals surface area contributed by atoms with Crippen LogP contribution in [0.25, 0.3) is 0 Å². The van der Waals surface area contributed by atoms with E-state index in [9.17, 15) is 12.8 Å². The van der Waals surface area contributed by atoms with Crippen LogP contribution in [-0.4, -0.2) is 32.5 Å². The molecular formula is C15H22FNO2S. The van der Waals surface area contributed by atoms with Crippen LogP contribution in [0, 0.1) is 12.7 Å². The maximum atomic E-state index is 13.1. The monoisotopic (exact) mass is 299 g/mol. The summed E-state index contributed by atoms with van der Waals surface area (Å²) in [6.45, 7) is 1.86. The lowest BCUT2D eigenvalue weighted by molar-refractivity contribution is 0.455. The lowest BCUT2D eigenvalue weighted by atomic mass is 9.96. The van der Waals surface area contributed by atoms with Gasteiger partial charge in [0.1, 0.15) is 5.82 Å². The number of rotatable bonds is 4. The number of benzene rings is 1. The molecule has 0 bridgehead atoms. The summed E-state index contributed by atoms with van der Waals surface area (Å²) in [5.41, 5.74) is 1.88. The summed E-state index contributed by atoms with van der Waals surface area (Å²) < 4.78 is 37.6. The third kappa shape index (κ3) is 3.38. The Morgan fingerprint density at radius 2 is 2.15 bits per heavy atom. The molecule has 20 heavy (non-hydrogen) atoms. The van der Waals surface area contributed by atoms with Crippen LogP contribution in [0.15, 0.2) is 18.2 Å². The second-order valence-electron chi connectivity index (χ2n) is 5.57. The molecule has 1 aliphatic heterocycles. The van der Waals surface area contributed by atoms with Gasteiger partial charge in [-0.25, -0.2) is 12.8 Å². The molecule has 112 valence electrons. The molecule has 5 heteroatoms. The van der Waals surface area contributed by atoms with E-state index in [2.05, 4.69) is 5.32 Å². The van der Waals surface area contributed by atoms with Crippen LogP contribution in [-0.2, 0) is 16.3 Å². The van der Waals surface area contributed by atoms with Gasteiger partial charge in [0.05, 0.1) is 11.0 Å². The molecule has 1 N–H and O–H groups in total. The summed E-state index contributed by atoms with van der Waals surface area (Å²) in [4.78, 5) is 0. The van der Waals surface area contributed by atoms with Crippen LogP contribution in [0.2, 0.25) is 0 Å². The van der Waals surface area contributed by atoms with E-state index in [4.69, 9.17) is 0 Å². The maximum absolute atomic E-state index is 13.1. The Labute approximate surface area is 120 Å². The molecule has 1 saturated heterocycles. The summed E-state index contributed by atoms with van der Waals surface area (Å²) in [6, 6.07) is 4.58. The van der Waals surface area contributed by atoms with Gasteiger partial charge in [0.2, 0.25) is 0 Å². The maximum Gasteiger partial charge on any atom is 0.154 e. The van der Waals surface area contributed by atoms with Crippen molar-refractivity contribution in [2.45, 2.75) is 43.9 Å². The molecule has 0 aromatic heterocycles. The summed E-state index contributed by atoms with van der Waals surface area (Å²) >= 11 is 0. The van der Waals surface area contributed by atoms with E-state index in [1.54, 1.807) is 13.1 Å². The Hall–Kier alpha value is -0.940. The minimum atomic E-state index is -3.01. The van der Waals surface area contributed by atoms with Crippen LogP contribution in [0.4, 0.5) is 4.39 Å². The van der Waals surface area contributed by atoms with Crippen molar-refractivity contribution >= 4 is 9.84 Å². The van der Waals surface area contributed by atoms with Gasteiger partial charge in [-0.2, -0.15) is 0 Å². The van der Waals surface area contributed by atoms with Gasteiger partial charge < -0.3 is 5.32 Å². The van der Waals surface area contributed by atoms with Crippen molar-refractivity contribution in [3.8, 4) is 0 Å². The van der Waals surface area contributed by atoms with E-state index in [1.165, 1.54) is 12.1 Å². The predicted octanol–water partition coefficient (Wildman–Crippen LogP) is 2.23. The fourth-order valence-electron chi connectivity index (χ4n) is 2.98. The fourth-order valence-corrected chi connectivity index (χ4v) is 5.14. The highest BCUT2D eigenvalue weighted by Crippen LogP contribution is 2.25. The van der Waals surface area contributed by atoms with Crippen LogP contribution in [0.5, 0.6) is 0 Å². The molecule has 0 amide bonds. The van der Waals surface area contributed by atoms with Crippen molar-refractivity contribution in [2.75, 3.05) is 12.8 Å². The Morgan fingerprint density at radius 1 is 1.40 bits per heavy atom. The summed E-state index contributed by atoms with van der Waals surface area (Å²) in [6.07, 6.45) is 3.07. The number of halogens is 1. The Bertz CT molecular complexity index is 571. The highest BCUT2D eigenvalue weighted by Gasteiger charge is 2.34. The van der Waals surface area contributed by atoms with Crippen molar-refractivity contribution in [3.63, 3.8) is 0 Å². The van der Waals surface area contributed by atoms with Crippen molar-refractivity contribution in [1.29, 1.82) is 0 Å². The molecule has 1 fully saturated rings. The molecule has 1 aromatic rings. The first-order valence-corrected chi connectivity index (χ1v) is 8.79. The number of nitrogens with one attached hydrogen (secondary N) is 1. The summed E-state index contributed by atoms with van der Waals surface area (Å²) in [7, 11) is -1.21. The highest BCUT2D eigenvalue weighted by atomic mass is 32.2. The molecule has 1 aliphatic rings. The highest BCUT2D eigenvalue weighted by molar-refractivity contribution is 7.92. The van der Waals surface area contributed by atoms with E-state index in [1.807, 2.05) is 6.92 Å². The molecular weight excluding hydrogens is 277 g/mol. The van der Waals surface area contributed by atoms with Crippen LogP contribution >= 0.6 is 0 Å². The predicted molar refractivity (Wildman–Crippen MR) is 79.1 cm³/mol. The zero-order valence-electron chi connectivity index (χ0n) is 12.0. The minimum absolute atomic E-state index is 0.107. The van der Waals surface area contributed by atoms with Gasteiger partial charge in [0, 0.05) is 6.04 Å². The number of likely N-dealkylation sites (N-methyl/N-ethyl adjacent to an activating group) is 1. The van der Waals surface area contributed by atoms with Crippen molar-refractivity contribution < 1.29 is 12.8 Å². The molecule has 1 aromatic carbocycles. The number of hydrogen-bond acceptors (Lipinski definition) is 3. The molecule has 2 unspecified atom stereocenters. The molecule has 2 atom stereocenters. The number of sulfone groups is 1. The lowest BCUT2D eigenvalue weighted by Crippen LogP contribution is -2.46. The van der Waals surface area contributed by atoms with Crippen molar-refractivity contribution in [2.24, 2.45) is 0 Å². The second kappa shape index (κ2) is 6.22. The first-order chi connectivity index (χ1) is 9.44. The zero-order chi connectivity index (χ0) is 14.8. The van der Waals surface area contributed by atoms with Gasteiger partial charge in [-0.3, -0.25) is 0 Å². The third-order valence-electron chi connectivity index (χ3n) is 4.19. The molecule has 0 radical (unpaired) electrons. The van der Waals surface area contributed by atoms with Crippen LogP contribution in [0.1, 0.15) is 30.4 Å². The summed E-state index contributed by atoms with van der Waals surface area (Å²) in [5, 5.41) is 2.82. The van der Waals surface area contributed by atoms with Crippen molar-refractivity contribution in [1.82, 2.24) is 5.32 Å². The normalized spacial score (nSPS) is 23.4. The molecule has 2 rings (SSSR count). The smallest absolute Gasteiger partial charge is 0.154 e. The van der Waals surface area contributed by atoms with Gasteiger partial charge in [0.25, 0.3) is 0 Å². The minimum Gasteiger partial charge on any atom is -0.315 e. The number of hydrogen-bond donors (Lipinski definition) is 1. The largest absolute Gasteiger partial charge is 0.315 e. The molecule has 1 heterocycles. The first-order valence-electron chi connectivity index (χ1n) is 7.08. The molecule has 3 nitrogen and oxygen atoms in total. The van der Waals surface area contributed by atoms with Crippen LogP contribution < -0.4 is 5.32 Å².